The Bertz CT molecular complexity index is 655. The Morgan fingerprint density at radius 1 is 0.909 bits per heavy atom. The van der Waals surface area contributed by atoms with E-state index in [0.717, 1.165) is 4.90 Å². The summed E-state index contributed by atoms with van der Waals surface area (Å²) in [5.41, 5.74) is 1.11. The Balaban J connectivity index is 1.87. The van der Waals surface area contributed by atoms with Crippen molar-refractivity contribution >= 4 is 5.91 Å². The number of likely N-dealkylation sites (tertiary alicyclic amines) is 1. The molecule has 0 radical (unpaired) electrons. The van der Waals surface area contributed by atoms with E-state index in [-0.39, 0.29) is 6.54 Å². The second-order valence-electron chi connectivity index (χ2n) is 5.33. The van der Waals surface area contributed by atoms with Crippen LogP contribution in [0.5, 0.6) is 0 Å². The Labute approximate surface area is 126 Å². The lowest BCUT2D eigenvalue weighted by molar-refractivity contribution is -0.221. The van der Waals surface area contributed by atoms with Crippen LogP contribution in [0.2, 0.25) is 0 Å². The molecule has 0 N–H and O–H groups in total. The Morgan fingerprint density at radius 3 is 2.00 bits per heavy atom. The van der Waals surface area contributed by atoms with E-state index in [1.807, 2.05) is 0 Å². The molecule has 1 aliphatic rings. The van der Waals surface area contributed by atoms with E-state index in [1.54, 1.807) is 60.7 Å². The highest BCUT2D eigenvalue weighted by Crippen LogP contribution is 2.45. The molecule has 3 rings (SSSR count). The number of carbonyl (C=O) groups excluding carboxylic acids is 1. The molecule has 1 saturated heterocycles. The summed E-state index contributed by atoms with van der Waals surface area (Å²) in [6.07, 6.45) is -4.44. The van der Waals surface area contributed by atoms with E-state index < -0.39 is 24.0 Å². The Hall–Kier alpha value is -2.30. The zero-order valence-corrected chi connectivity index (χ0v) is 11.6. The van der Waals surface area contributed by atoms with Crippen LogP contribution in [0.3, 0.4) is 0 Å². The van der Waals surface area contributed by atoms with Crippen molar-refractivity contribution in [3.05, 3.63) is 71.8 Å². The maximum Gasteiger partial charge on any atom is 0.409 e. The lowest BCUT2D eigenvalue weighted by Gasteiger charge is -2.48. The van der Waals surface area contributed by atoms with Gasteiger partial charge >= 0.3 is 6.18 Å². The molecule has 2 aromatic rings. The Kier molecular flexibility index (Phi) is 3.64. The predicted octanol–water partition coefficient (Wildman–Crippen LogP) is 3.74. The van der Waals surface area contributed by atoms with Crippen LogP contribution in [0.4, 0.5) is 13.2 Å². The summed E-state index contributed by atoms with van der Waals surface area (Å²) in [6, 6.07) is 15.1. The lowest BCUT2D eigenvalue weighted by Crippen LogP contribution is -2.64. The summed E-state index contributed by atoms with van der Waals surface area (Å²) in [5.74, 6) is -1.61. The van der Waals surface area contributed by atoms with Crippen LogP contribution in [0, 0.1) is 0 Å². The number of hydrogen-bond acceptors (Lipinski definition) is 1. The number of hydrogen-bond donors (Lipinski definition) is 0. The number of nitrogens with zero attached hydrogens (tertiary/aromatic N) is 1. The van der Waals surface area contributed by atoms with Crippen molar-refractivity contribution in [1.29, 1.82) is 0 Å². The zero-order valence-electron chi connectivity index (χ0n) is 11.6. The van der Waals surface area contributed by atoms with E-state index in [1.165, 1.54) is 0 Å². The number of benzene rings is 2. The van der Waals surface area contributed by atoms with Crippen molar-refractivity contribution in [3.8, 4) is 0 Å². The van der Waals surface area contributed by atoms with Gasteiger partial charge in [0, 0.05) is 6.54 Å². The largest absolute Gasteiger partial charge is 0.409 e. The molecule has 0 bridgehead atoms. The smallest absolute Gasteiger partial charge is 0.324 e. The minimum atomic E-state index is -4.44. The summed E-state index contributed by atoms with van der Waals surface area (Å²) in [5, 5.41) is 0. The van der Waals surface area contributed by atoms with Gasteiger partial charge in [0.15, 0.2) is 0 Å². The van der Waals surface area contributed by atoms with Gasteiger partial charge in [0.05, 0.1) is 5.92 Å². The fraction of sp³-hybridized carbons (Fsp3) is 0.235. The maximum atomic E-state index is 13.4. The molecule has 0 saturated carbocycles. The summed E-state index contributed by atoms with van der Waals surface area (Å²) in [6.45, 7) is -0.0207. The lowest BCUT2D eigenvalue weighted by atomic mass is 9.80. The van der Waals surface area contributed by atoms with Crippen LogP contribution in [0.15, 0.2) is 60.7 Å². The average molecular weight is 305 g/mol. The van der Waals surface area contributed by atoms with Gasteiger partial charge in [0.1, 0.15) is 6.04 Å². The predicted molar refractivity (Wildman–Crippen MR) is 76.0 cm³/mol. The number of halogens is 3. The molecule has 1 amide bonds. The number of carbonyl (C=O) groups is 1. The van der Waals surface area contributed by atoms with Gasteiger partial charge in [0.2, 0.25) is 5.91 Å². The molecule has 5 heteroatoms. The molecule has 0 aliphatic carbocycles. The van der Waals surface area contributed by atoms with E-state index >= 15 is 0 Å². The Morgan fingerprint density at radius 2 is 1.45 bits per heavy atom. The second kappa shape index (κ2) is 5.48. The summed E-state index contributed by atoms with van der Waals surface area (Å²) in [7, 11) is 0. The first-order chi connectivity index (χ1) is 10.5. The third-order valence-corrected chi connectivity index (χ3v) is 3.89. The maximum absolute atomic E-state index is 13.4. The second-order valence-corrected chi connectivity index (χ2v) is 5.33. The van der Waals surface area contributed by atoms with Crippen LogP contribution < -0.4 is 0 Å². The molecule has 1 heterocycles. The van der Waals surface area contributed by atoms with Crippen molar-refractivity contribution in [1.82, 2.24) is 4.90 Å². The molecule has 1 unspecified atom stereocenters. The highest BCUT2D eigenvalue weighted by molar-refractivity contribution is 5.91. The first-order valence-electron chi connectivity index (χ1n) is 6.94. The van der Waals surface area contributed by atoms with Crippen LogP contribution in [-0.4, -0.2) is 23.0 Å². The molecule has 22 heavy (non-hydrogen) atoms. The number of alkyl halides is 3. The molecule has 2 atom stereocenters. The van der Waals surface area contributed by atoms with Gasteiger partial charge in [-0.05, 0) is 11.1 Å². The number of amides is 1. The first-order valence-corrected chi connectivity index (χ1v) is 6.94. The van der Waals surface area contributed by atoms with Crippen molar-refractivity contribution < 1.29 is 18.0 Å². The van der Waals surface area contributed by atoms with Gasteiger partial charge < -0.3 is 4.90 Å². The molecule has 1 fully saturated rings. The molecule has 2 nitrogen and oxygen atoms in total. The van der Waals surface area contributed by atoms with Crippen LogP contribution in [0.1, 0.15) is 17.0 Å². The summed E-state index contributed by atoms with van der Waals surface area (Å²) < 4.78 is 40.1. The van der Waals surface area contributed by atoms with E-state index in [9.17, 15) is 18.0 Å². The third kappa shape index (κ3) is 2.58. The SMILES string of the molecule is O=C1C(c2ccccc2)[C@@H](C(F)(F)F)N1Cc1ccccc1. The molecule has 0 spiro atoms. The zero-order chi connectivity index (χ0) is 15.7. The van der Waals surface area contributed by atoms with Crippen molar-refractivity contribution in [2.24, 2.45) is 0 Å². The van der Waals surface area contributed by atoms with Gasteiger partial charge in [-0.3, -0.25) is 4.79 Å². The molecule has 1 aliphatic heterocycles. The minimum absolute atomic E-state index is 0.0207. The third-order valence-electron chi connectivity index (χ3n) is 3.89. The number of rotatable bonds is 3. The normalized spacial score (nSPS) is 21.6. The highest BCUT2D eigenvalue weighted by atomic mass is 19.4. The topological polar surface area (TPSA) is 20.3 Å². The molecule has 114 valence electrons. The van der Waals surface area contributed by atoms with Gasteiger partial charge in [-0.15, -0.1) is 0 Å². The first kappa shape index (κ1) is 14.6. The fourth-order valence-corrected chi connectivity index (χ4v) is 2.86. The number of β-lactam (4-membered cyclic amide) rings is 1. The van der Waals surface area contributed by atoms with Crippen molar-refractivity contribution in [2.75, 3.05) is 0 Å². The van der Waals surface area contributed by atoms with Crippen LogP contribution in [0.25, 0.3) is 0 Å². The van der Waals surface area contributed by atoms with Crippen LogP contribution >= 0.6 is 0 Å². The monoisotopic (exact) mass is 305 g/mol. The molecular weight excluding hydrogens is 291 g/mol. The standard InChI is InChI=1S/C17H14F3NO/c18-17(19,20)15-14(13-9-5-2-6-10-13)16(22)21(15)11-12-7-3-1-4-8-12/h1-10,14-15H,11H2/t14?,15-/m0/s1. The highest BCUT2D eigenvalue weighted by Gasteiger charge is 2.60. The van der Waals surface area contributed by atoms with E-state index in [0.29, 0.717) is 11.1 Å². The van der Waals surface area contributed by atoms with Crippen LogP contribution in [-0.2, 0) is 11.3 Å². The van der Waals surface area contributed by atoms with Crippen molar-refractivity contribution in [2.45, 2.75) is 24.7 Å². The molecular formula is C17H14F3NO. The van der Waals surface area contributed by atoms with Gasteiger partial charge in [0.25, 0.3) is 0 Å². The molecule has 2 aromatic carbocycles. The quantitative estimate of drug-likeness (QED) is 0.791. The summed E-state index contributed by atoms with van der Waals surface area (Å²) >= 11 is 0. The van der Waals surface area contributed by atoms with E-state index in [2.05, 4.69) is 0 Å². The van der Waals surface area contributed by atoms with Gasteiger partial charge in [-0.2, -0.15) is 13.2 Å². The van der Waals surface area contributed by atoms with Gasteiger partial charge in [-0.25, -0.2) is 0 Å². The van der Waals surface area contributed by atoms with Gasteiger partial charge in [-0.1, -0.05) is 60.7 Å². The average Bonchev–Trinajstić information content (AvgIpc) is 2.50. The van der Waals surface area contributed by atoms with Crippen molar-refractivity contribution in [3.63, 3.8) is 0 Å². The summed E-state index contributed by atoms with van der Waals surface area (Å²) in [4.78, 5) is 13.2. The fourth-order valence-electron chi connectivity index (χ4n) is 2.86. The van der Waals surface area contributed by atoms with E-state index in [4.69, 9.17) is 0 Å². The minimum Gasteiger partial charge on any atom is -0.324 e. The molecule has 0 aromatic heterocycles.